The van der Waals surface area contributed by atoms with E-state index in [1.165, 1.54) is 41.4 Å². The monoisotopic (exact) mass is 253 g/mol. The molecule has 0 unspecified atom stereocenters. The molecule has 1 fully saturated rings. The average molecular weight is 253 g/mol. The molecule has 1 saturated carbocycles. The Morgan fingerprint density at radius 2 is 2.06 bits per heavy atom. The highest BCUT2D eigenvalue weighted by Crippen LogP contribution is 2.32. The molecule has 1 aliphatic rings. The molecule has 0 amide bonds. The van der Waals surface area contributed by atoms with Gasteiger partial charge in [-0.05, 0) is 26.2 Å². The van der Waals surface area contributed by atoms with Crippen LogP contribution in [0.1, 0.15) is 50.1 Å². The van der Waals surface area contributed by atoms with Crippen LogP contribution in [0.5, 0.6) is 0 Å². The molecular formula is C13H23N3S. The summed E-state index contributed by atoms with van der Waals surface area (Å²) in [6.07, 6.45) is 6.39. The van der Waals surface area contributed by atoms with Gasteiger partial charge in [0.15, 0.2) is 5.13 Å². The summed E-state index contributed by atoms with van der Waals surface area (Å²) in [7, 11) is 0. The van der Waals surface area contributed by atoms with Gasteiger partial charge in [-0.1, -0.05) is 19.8 Å². The molecule has 1 heterocycles. The van der Waals surface area contributed by atoms with Crippen molar-refractivity contribution in [3.63, 3.8) is 0 Å². The van der Waals surface area contributed by atoms with Crippen LogP contribution in [-0.2, 0) is 13.0 Å². The second-order valence-corrected chi connectivity index (χ2v) is 5.71. The summed E-state index contributed by atoms with van der Waals surface area (Å²) in [5, 5.41) is 1.19. The lowest BCUT2D eigenvalue weighted by atomic mass is 10.2. The summed E-state index contributed by atoms with van der Waals surface area (Å²) in [4.78, 5) is 8.52. The van der Waals surface area contributed by atoms with Crippen molar-refractivity contribution in [2.45, 2.75) is 58.5 Å². The number of rotatable bonds is 5. The van der Waals surface area contributed by atoms with Crippen molar-refractivity contribution in [1.29, 1.82) is 0 Å². The van der Waals surface area contributed by atoms with Crippen molar-refractivity contribution in [1.82, 2.24) is 4.98 Å². The highest BCUT2D eigenvalue weighted by Gasteiger charge is 2.24. The number of hydrogen-bond donors (Lipinski definition) is 1. The first-order chi connectivity index (χ1) is 8.30. The molecule has 2 N–H and O–H groups in total. The molecule has 0 radical (unpaired) electrons. The number of aromatic nitrogens is 1. The predicted octanol–water partition coefficient (Wildman–Crippen LogP) is 2.93. The predicted molar refractivity (Wildman–Crippen MR) is 74.7 cm³/mol. The zero-order valence-corrected chi connectivity index (χ0v) is 11.7. The van der Waals surface area contributed by atoms with Gasteiger partial charge in [-0.3, -0.25) is 0 Å². The summed E-state index contributed by atoms with van der Waals surface area (Å²) in [6.45, 7) is 6.08. The minimum absolute atomic E-state index is 0.628. The van der Waals surface area contributed by atoms with Gasteiger partial charge in [0.2, 0.25) is 0 Å². The minimum atomic E-state index is 0.628. The Morgan fingerprint density at radius 3 is 2.53 bits per heavy atom. The van der Waals surface area contributed by atoms with Crippen LogP contribution in [0.3, 0.4) is 0 Å². The Bertz CT molecular complexity index is 334. The smallest absolute Gasteiger partial charge is 0.186 e. The fourth-order valence-corrected chi connectivity index (χ4v) is 3.86. The quantitative estimate of drug-likeness (QED) is 0.877. The molecule has 4 heteroatoms. The maximum atomic E-state index is 5.79. The second kappa shape index (κ2) is 5.83. The van der Waals surface area contributed by atoms with Gasteiger partial charge in [0.05, 0.1) is 5.69 Å². The van der Waals surface area contributed by atoms with Crippen LogP contribution >= 0.6 is 11.3 Å². The number of hydrogen-bond acceptors (Lipinski definition) is 4. The third-order valence-electron chi connectivity index (χ3n) is 3.64. The maximum Gasteiger partial charge on any atom is 0.186 e. The van der Waals surface area contributed by atoms with Crippen molar-refractivity contribution in [2.24, 2.45) is 5.73 Å². The summed E-state index contributed by atoms with van der Waals surface area (Å²) in [6, 6.07) is 0.710. The molecule has 1 aliphatic carbocycles. The number of nitrogens with two attached hydrogens (primary N) is 1. The number of anilines is 1. The lowest BCUT2D eigenvalue weighted by molar-refractivity contribution is 0.617. The molecule has 0 bridgehead atoms. The summed E-state index contributed by atoms with van der Waals surface area (Å²) >= 11 is 1.79. The van der Waals surface area contributed by atoms with E-state index in [0.717, 1.165) is 13.0 Å². The van der Waals surface area contributed by atoms with Gasteiger partial charge in [0.25, 0.3) is 0 Å². The van der Waals surface area contributed by atoms with Gasteiger partial charge >= 0.3 is 0 Å². The van der Waals surface area contributed by atoms with Crippen molar-refractivity contribution in [3.8, 4) is 0 Å². The molecule has 17 heavy (non-hydrogen) atoms. The highest BCUT2D eigenvalue weighted by atomic mass is 32.1. The molecule has 3 nitrogen and oxygen atoms in total. The molecule has 2 rings (SSSR count). The van der Waals surface area contributed by atoms with E-state index >= 15 is 0 Å². The first-order valence-electron chi connectivity index (χ1n) is 6.75. The van der Waals surface area contributed by atoms with E-state index in [-0.39, 0.29) is 0 Å². The molecule has 0 saturated heterocycles. The van der Waals surface area contributed by atoms with Crippen LogP contribution in [0, 0.1) is 0 Å². The van der Waals surface area contributed by atoms with Crippen LogP contribution < -0.4 is 10.6 Å². The van der Waals surface area contributed by atoms with Gasteiger partial charge in [-0.2, -0.15) is 0 Å². The Morgan fingerprint density at radius 1 is 1.35 bits per heavy atom. The van der Waals surface area contributed by atoms with Crippen LogP contribution in [0.4, 0.5) is 5.13 Å². The molecule has 96 valence electrons. The van der Waals surface area contributed by atoms with Crippen LogP contribution in [0.2, 0.25) is 0 Å². The second-order valence-electron chi connectivity index (χ2n) is 4.65. The lowest BCUT2D eigenvalue weighted by Crippen LogP contribution is -2.32. The Hall–Kier alpha value is -0.610. The molecule has 0 aromatic carbocycles. The van der Waals surface area contributed by atoms with E-state index in [0.29, 0.717) is 12.6 Å². The minimum Gasteiger partial charge on any atom is -0.345 e. The normalized spacial score (nSPS) is 16.6. The topological polar surface area (TPSA) is 42.2 Å². The standard InChI is InChI=1S/C13H23N3S/c1-3-11-12(9-14)17-13(15-11)16(4-2)10-7-5-6-8-10/h10H,3-9,14H2,1-2H3. The van der Waals surface area contributed by atoms with Gasteiger partial charge in [-0.25, -0.2) is 4.98 Å². The average Bonchev–Trinajstić information content (AvgIpc) is 2.99. The van der Waals surface area contributed by atoms with E-state index in [1.54, 1.807) is 11.3 Å². The van der Waals surface area contributed by atoms with Gasteiger partial charge in [0, 0.05) is 24.0 Å². The molecule has 0 aliphatic heterocycles. The number of aryl methyl sites for hydroxylation is 1. The molecule has 0 atom stereocenters. The van der Waals surface area contributed by atoms with Crippen LogP contribution in [0.25, 0.3) is 0 Å². The van der Waals surface area contributed by atoms with E-state index in [1.807, 2.05) is 0 Å². The zero-order chi connectivity index (χ0) is 12.3. The summed E-state index contributed by atoms with van der Waals surface area (Å²) in [5.41, 5.74) is 6.98. The molecule has 1 aromatic heterocycles. The third-order valence-corrected chi connectivity index (χ3v) is 4.80. The summed E-state index contributed by atoms with van der Waals surface area (Å²) in [5.74, 6) is 0. The highest BCUT2D eigenvalue weighted by molar-refractivity contribution is 7.15. The molecule has 0 spiro atoms. The van der Waals surface area contributed by atoms with E-state index in [2.05, 4.69) is 18.7 Å². The van der Waals surface area contributed by atoms with E-state index in [4.69, 9.17) is 10.7 Å². The fraction of sp³-hybridized carbons (Fsp3) is 0.769. The largest absolute Gasteiger partial charge is 0.345 e. The van der Waals surface area contributed by atoms with Crippen molar-refractivity contribution in [3.05, 3.63) is 10.6 Å². The van der Waals surface area contributed by atoms with E-state index in [9.17, 15) is 0 Å². The SMILES string of the molecule is CCc1nc(N(CC)C2CCCC2)sc1CN. The lowest BCUT2D eigenvalue weighted by Gasteiger charge is -2.26. The van der Waals surface area contributed by atoms with Crippen molar-refractivity contribution < 1.29 is 0 Å². The zero-order valence-electron chi connectivity index (χ0n) is 10.9. The first-order valence-corrected chi connectivity index (χ1v) is 7.57. The van der Waals surface area contributed by atoms with Crippen LogP contribution in [-0.4, -0.2) is 17.6 Å². The first kappa shape index (κ1) is 12.8. The Balaban J connectivity index is 2.20. The number of nitrogens with zero attached hydrogens (tertiary/aromatic N) is 2. The third kappa shape index (κ3) is 2.63. The Labute approximate surface area is 108 Å². The fourth-order valence-electron chi connectivity index (χ4n) is 2.69. The van der Waals surface area contributed by atoms with Crippen LogP contribution in [0.15, 0.2) is 0 Å². The van der Waals surface area contributed by atoms with Gasteiger partial charge in [0.1, 0.15) is 0 Å². The van der Waals surface area contributed by atoms with Gasteiger partial charge < -0.3 is 10.6 Å². The molecular weight excluding hydrogens is 230 g/mol. The van der Waals surface area contributed by atoms with Crippen molar-refractivity contribution >= 4 is 16.5 Å². The van der Waals surface area contributed by atoms with E-state index < -0.39 is 0 Å². The van der Waals surface area contributed by atoms with Gasteiger partial charge in [-0.15, -0.1) is 11.3 Å². The summed E-state index contributed by atoms with van der Waals surface area (Å²) < 4.78 is 0. The Kier molecular flexibility index (Phi) is 4.40. The molecule has 1 aromatic rings. The van der Waals surface area contributed by atoms with Crippen molar-refractivity contribution in [2.75, 3.05) is 11.4 Å². The number of thiazole rings is 1. The maximum absolute atomic E-state index is 5.79.